The van der Waals surface area contributed by atoms with E-state index < -0.39 is 12.0 Å². The van der Waals surface area contributed by atoms with E-state index in [9.17, 15) is 14.7 Å². The van der Waals surface area contributed by atoms with E-state index >= 15 is 0 Å². The molecular formula is C14H18N4O3. The van der Waals surface area contributed by atoms with Gasteiger partial charge in [-0.15, -0.1) is 0 Å². The Bertz CT molecular complexity index is 536. The van der Waals surface area contributed by atoms with Gasteiger partial charge in [-0.05, 0) is 25.2 Å². The summed E-state index contributed by atoms with van der Waals surface area (Å²) >= 11 is 0. The molecule has 1 aromatic rings. The van der Waals surface area contributed by atoms with Crippen molar-refractivity contribution in [3.8, 4) is 0 Å². The standard InChI is InChI=1S/C14H18N4O3/c19-13(20)12-5-9-3-1-2-4-11(9)18(12)14(21)17-10-6-15-8-16-7-10/h6-9,11-12H,1-5H2,(H,17,21)(H,19,20). The van der Waals surface area contributed by atoms with Crippen LogP contribution >= 0.6 is 0 Å². The van der Waals surface area contributed by atoms with Crippen LogP contribution in [0, 0.1) is 5.92 Å². The van der Waals surface area contributed by atoms with Crippen molar-refractivity contribution in [1.82, 2.24) is 14.9 Å². The summed E-state index contributed by atoms with van der Waals surface area (Å²) in [5, 5.41) is 12.1. The third-order valence-corrected chi connectivity index (χ3v) is 4.42. The fourth-order valence-corrected chi connectivity index (χ4v) is 3.52. The number of amides is 2. The van der Waals surface area contributed by atoms with E-state index in [4.69, 9.17) is 0 Å². The number of fused-ring (bicyclic) bond motifs is 1. The highest BCUT2D eigenvalue weighted by Crippen LogP contribution is 2.40. The number of nitrogens with one attached hydrogen (secondary N) is 1. The third-order valence-electron chi connectivity index (χ3n) is 4.42. The third kappa shape index (κ3) is 2.68. The summed E-state index contributed by atoms with van der Waals surface area (Å²) in [6.45, 7) is 0. The zero-order valence-corrected chi connectivity index (χ0v) is 11.6. The Morgan fingerprint density at radius 1 is 1.24 bits per heavy atom. The Labute approximate surface area is 122 Å². The first-order valence-corrected chi connectivity index (χ1v) is 7.24. The van der Waals surface area contributed by atoms with Crippen LogP contribution in [0.2, 0.25) is 0 Å². The van der Waals surface area contributed by atoms with Gasteiger partial charge in [0.15, 0.2) is 0 Å². The summed E-state index contributed by atoms with van der Waals surface area (Å²) in [6, 6.07) is -1.07. The molecule has 7 heteroatoms. The minimum atomic E-state index is -0.927. The van der Waals surface area contributed by atoms with Gasteiger partial charge >= 0.3 is 12.0 Å². The minimum Gasteiger partial charge on any atom is -0.480 e. The fourth-order valence-electron chi connectivity index (χ4n) is 3.52. The molecule has 0 radical (unpaired) electrons. The van der Waals surface area contributed by atoms with Crippen molar-refractivity contribution in [2.45, 2.75) is 44.2 Å². The number of aromatic nitrogens is 2. The quantitative estimate of drug-likeness (QED) is 0.864. The molecule has 3 rings (SSSR count). The summed E-state index contributed by atoms with van der Waals surface area (Å²) < 4.78 is 0. The molecule has 2 N–H and O–H groups in total. The minimum absolute atomic E-state index is 0.0319. The number of anilines is 1. The van der Waals surface area contributed by atoms with E-state index in [1.807, 2.05) is 0 Å². The molecule has 1 saturated carbocycles. The van der Waals surface area contributed by atoms with Gasteiger partial charge in [-0.3, -0.25) is 0 Å². The van der Waals surface area contributed by atoms with Crippen molar-refractivity contribution in [3.63, 3.8) is 0 Å². The maximum absolute atomic E-state index is 12.5. The second-order valence-electron chi connectivity index (χ2n) is 5.67. The van der Waals surface area contributed by atoms with Crippen molar-refractivity contribution in [2.24, 2.45) is 5.92 Å². The van der Waals surface area contributed by atoms with Crippen LogP contribution in [-0.4, -0.2) is 44.1 Å². The van der Waals surface area contributed by atoms with Gasteiger partial charge in [0.25, 0.3) is 0 Å². The maximum Gasteiger partial charge on any atom is 0.326 e. The van der Waals surface area contributed by atoms with Crippen LogP contribution in [-0.2, 0) is 4.79 Å². The molecule has 0 aromatic carbocycles. The number of carbonyl (C=O) groups excluding carboxylic acids is 1. The van der Waals surface area contributed by atoms with E-state index in [-0.39, 0.29) is 12.1 Å². The highest BCUT2D eigenvalue weighted by molar-refractivity contribution is 5.92. The first-order chi connectivity index (χ1) is 10.2. The Hall–Kier alpha value is -2.18. The van der Waals surface area contributed by atoms with E-state index in [1.54, 1.807) is 0 Å². The monoisotopic (exact) mass is 290 g/mol. The number of urea groups is 1. The van der Waals surface area contributed by atoms with E-state index in [0.717, 1.165) is 25.7 Å². The summed E-state index contributed by atoms with van der Waals surface area (Å²) in [6.07, 6.45) is 8.98. The fraction of sp³-hybridized carbons (Fsp3) is 0.571. The number of likely N-dealkylation sites (tertiary alicyclic amines) is 1. The predicted octanol–water partition coefficient (Wildman–Crippen LogP) is 1.73. The molecule has 2 aliphatic rings. The predicted molar refractivity (Wildman–Crippen MR) is 74.7 cm³/mol. The molecule has 7 nitrogen and oxygen atoms in total. The number of hydrogen-bond donors (Lipinski definition) is 2. The zero-order chi connectivity index (χ0) is 14.8. The van der Waals surface area contributed by atoms with E-state index in [2.05, 4.69) is 15.3 Å². The molecule has 1 aromatic heterocycles. The van der Waals surface area contributed by atoms with Crippen LogP contribution in [0.1, 0.15) is 32.1 Å². The lowest BCUT2D eigenvalue weighted by Crippen LogP contribution is -2.48. The van der Waals surface area contributed by atoms with Gasteiger partial charge < -0.3 is 15.3 Å². The number of carboxylic acids is 1. The van der Waals surface area contributed by atoms with Crippen molar-refractivity contribution in [3.05, 3.63) is 18.7 Å². The Kier molecular flexibility index (Phi) is 3.72. The molecule has 3 unspecified atom stereocenters. The highest BCUT2D eigenvalue weighted by atomic mass is 16.4. The topological polar surface area (TPSA) is 95.4 Å². The molecule has 112 valence electrons. The van der Waals surface area contributed by atoms with Gasteiger partial charge in [-0.1, -0.05) is 12.8 Å². The van der Waals surface area contributed by atoms with Gasteiger partial charge in [0.1, 0.15) is 12.4 Å². The SMILES string of the molecule is O=C(O)C1CC2CCCCC2N1C(=O)Nc1cncnc1. The number of rotatable bonds is 2. The lowest BCUT2D eigenvalue weighted by atomic mass is 9.85. The maximum atomic E-state index is 12.5. The average molecular weight is 290 g/mol. The van der Waals surface area contributed by atoms with Crippen LogP contribution in [0.5, 0.6) is 0 Å². The number of hydrogen-bond acceptors (Lipinski definition) is 4. The first-order valence-electron chi connectivity index (χ1n) is 7.24. The lowest BCUT2D eigenvalue weighted by Gasteiger charge is -2.32. The zero-order valence-electron chi connectivity index (χ0n) is 11.6. The van der Waals surface area contributed by atoms with Crippen molar-refractivity contribution in [1.29, 1.82) is 0 Å². The number of nitrogens with zero attached hydrogens (tertiary/aromatic N) is 3. The van der Waals surface area contributed by atoms with E-state index in [0.29, 0.717) is 18.0 Å². The van der Waals surface area contributed by atoms with Crippen molar-refractivity contribution < 1.29 is 14.7 Å². The van der Waals surface area contributed by atoms with Gasteiger partial charge in [0.2, 0.25) is 0 Å². The number of aliphatic carboxylic acids is 1. The van der Waals surface area contributed by atoms with Crippen LogP contribution in [0.15, 0.2) is 18.7 Å². The Morgan fingerprint density at radius 2 is 1.95 bits per heavy atom. The second-order valence-corrected chi connectivity index (χ2v) is 5.67. The van der Waals surface area contributed by atoms with Crippen LogP contribution < -0.4 is 5.32 Å². The lowest BCUT2D eigenvalue weighted by molar-refractivity contribution is -0.141. The van der Waals surface area contributed by atoms with Gasteiger partial charge in [0, 0.05) is 6.04 Å². The van der Waals surface area contributed by atoms with Gasteiger partial charge in [0.05, 0.1) is 18.1 Å². The van der Waals surface area contributed by atoms with Crippen LogP contribution in [0.25, 0.3) is 0 Å². The van der Waals surface area contributed by atoms with Crippen LogP contribution in [0.4, 0.5) is 10.5 Å². The molecule has 2 amide bonds. The molecule has 1 aliphatic heterocycles. The highest BCUT2D eigenvalue weighted by Gasteiger charge is 2.47. The summed E-state index contributed by atoms with van der Waals surface area (Å²) in [5.41, 5.74) is 0.478. The largest absolute Gasteiger partial charge is 0.480 e. The Morgan fingerprint density at radius 3 is 2.67 bits per heavy atom. The average Bonchev–Trinajstić information content (AvgIpc) is 2.88. The molecule has 2 heterocycles. The number of carboxylic acid groups (broad SMARTS) is 1. The van der Waals surface area contributed by atoms with Crippen molar-refractivity contribution >= 4 is 17.7 Å². The Balaban J connectivity index is 1.79. The molecule has 2 fully saturated rings. The molecular weight excluding hydrogens is 272 g/mol. The smallest absolute Gasteiger partial charge is 0.326 e. The molecule has 1 saturated heterocycles. The normalized spacial score (nSPS) is 28.0. The number of carbonyl (C=O) groups is 2. The second kappa shape index (κ2) is 5.67. The van der Waals surface area contributed by atoms with E-state index in [1.165, 1.54) is 23.6 Å². The molecule has 21 heavy (non-hydrogen) atoms. The summed E-state index contributed by atoms with van der Waals surface area (Å²) in [7, 11) is 0. The van der Waals surface area contributed by atoms with Crippen molar-refractivity contribution in [2.75, 3.05) is 5.32 Å². The van der Waals surface area contributed by atoms with Gasteiger partial charge in [-0.2, -0.15) is 0 Å². The summed E-state index contributed by atoms with van der Waals surface area (Å²) in [5.74, 6) is -0.624. The molecule has 0 bridgehead atoms. The molecule has 0 spiro atoms. The van der Waals surface area contributed by atoms with Gasteiger partial charge in [-0.25, -0.2) is 19.6 Å². The molecule has 1 aliphatic carbocycles. The first kappa shape index (κ1) is 13.8. The summed E-state index contributed by atoms with van der Waals surface area (Å²) in [4.78, 5) is 33.1. The molecule has 3 atom stereocenters. The van der Waals surface area contributed by atoms with Crippen LogP contribution in [0.3, 0.4) is 0 Å².